The normalized spacial score (nSPS) is 9.25. The molecule has 0 fully saturated rings. The summed E-state index contributed by atoms with van der Waals surface area (Å²) in [5.74, 6) is 0. The van der Waals surface area contributed by atoms with E-state index in [1.807, 2.05) is 27.7 Å². The summed E-state index contributed by atoms with van der Waals surface area (Å²) in [5.41, 5.74) is 7.69. The summed E-state index contributed by atoms with van der Waals surface area (Å²) in [6, 6.07) is 26.0. The highest BCUT2D eigenvalue weighted by molar-refractivity contribution is 5.73. The zero-order valence-electron chi connectivity index (χ0n) is 15.9. The zero-order chi connectivity index (χ0) is 17.9. The molecule has 3 aromatic rings. The SMILES string of the molecule is CC.CC.Cc1cccc(-c2cccc(-c3cccc(C)c3)c2)c1. The fraction of sp³-hybridized carbons (Fsp3) is 0.250. The molecule has 0 heteroatoms. The lowest BCUT2D eigenvalue weighted by Crippen LogP contribution is -1.83. The van der Waals surface area contributed by atoms with Crippen molar-refractivity contribution >= 4 is 0 Å². The molecule has 0 bridgehead atoms. The van der Waals surface area contributed by atoms with Crippen LogP contribution in [0.2, 0.25) is 0 Å². The minimum absolute atomic E-state index is 1.27. The molecule has 0 unspecified atom stereocenters. The molecule has 3 rings (SSSR count). The molecule has 0 radical (unpaired) electrons. The van der Waals surface area contributed by atoms with Gasteiger partial charge in [-0.2, -0.15) is 0 Å². The van der Waals surface area contributed by atoms with Crippen molar-refractivity contribution < 1.29 is 0 Å². The van der Waals surface area contributed by atoms with E-state index in [-0.39, 0.29) is 0 Å². The van der Waals surface area contributed by atoms with Gasteiger partial charge < -0.3 is 0 Å². The fourth-order valence-electron chi connectivity index (χ4n) is 2.53. The Kier molecular flexibility index (Phi) is 8.57. The maximum Gasteiger partial charge on any atom is -0.0178 e. The Morgan fingerprint density at radius 3 is 1.04 bits per heavy atom. The van der Waals surface area contributed by atoms with Gasteiger partial charge in [-0.1, -0.05) is 106 Å². The van der Waals surface area contributed by atoms with Gasteiger partial charge >= 0.3 is 0 Å². The molecule has 0 aliphatic carbocycles. The van der Waals surface area contributed by atoms with E-state index < -0.39 is 0 Å². The predicted octanol–water partition coefficient (Wildman–Crippen LogP) is 7.69. The van der Waals surface area contributed by atoms with E-state index in [2.05, 4.69) is 86.6 Å². The minimum atomic E-state index is 1.27. The maximum absolute atomic E-state index is 2.27. The Bertz CT molecular complexity index is 678. The Balaban J connectivity index is 0.000000671. The molecule has 0 N–H and O–H groups in total. The van der Waals surface area contributed by atoms with E-state index in [0.717, 1.165) is 0 Å². The van der Waals surface area contributed by atoms with E-state index in [4.69, 9.17) is 0 Å². The number of hydrogen-bond acceptors (Lipinski definition) is 0. The molecule has 0 aliphatic heterocycles. The van der Waals surface area contributed by atoms with Gasteiger partial charge in [-0.05, 0) is 42.2 Å². The Morgan fingerprint density at radius 2 is 0.708 bits per heavy atom. The summed E-state index contributed by atoms with van der Waals surface area (Å²) < 4.78 is 0. The van der Waals surface area contributed by atoms with Crippen molar-refractivity contribution in [3.63, 3.8) is 0 Å². The van der Waals surface area contributed by atoms with Crippen LogP contribution in [-0.2, 0) is 0 Å². The molecule has 0 heterocycles. The van der Waals surface area contributed by atoms with Gasteiger partial charge in [-0.25, -0.2) is 0 Å². The van der Waals surface area contributed by atoms with Crippen LogP contribution in [-0.4, -0.2) is 0 Å². The highest BCUT2D eigenvalue weighted by atomic mass is 14.1. The lowest BCUT2D eigenvalue weighted by Gasteiger charge is -2.07. The smallest absolute Gasteiger partial charge is 0.0178 e. The second-order valence-corrected chi connectivity index (χ2v) is 5.32. The average molecular weight is 319 g/mol. The highest BCUT2D eigenvalue weighted by Crippen LogP contribution is 2.27. The summed E-state index contributed by atoms with van der Waals surface area (Å²) in [6.07, 6.45) is 0. The summed E-state index contributed by atoms with van der Waals surface area (Å²) in [6.45, 7) is 12.3. The van der Waals surface area contributed by atoms with Gasteiger partial charge in [0.25, 0.3) is 0 Å². The van der Waals surface area contributed by atoms with Gasteiger partial charge in [0.2, 0.25) is 0 Å². The Labute approximate surface area is 148 Å². The standard InChI is InChI=1S/C20H18.2C2H6/c1-15-6-3-8-17(12-15)19-10-5-11-20(14-19)18-9-4-7-16(2)13-18;2*1-2/h3-14H,1-2H3;2*1-2H3. The van der Waals surface area contributed by atoms with Crippen LogP contribution in [0.5, 0.6) is 0 Å². The molecule has 0 spiro atoms. The van der Waals surface area contributed by atoms with Crippen molar-refractivity contribution in [3.05, 3.63) is 83.9 Å². The van der Waals surface area contributed by atoms with Gasteiger partial charge in [-0.15, -0.1) is 0 Å². The van der Waals surface area contributed by atoms with Crippen LogP contribution in [0.25, 0.3) is 22.3 Å². The van der Waals surface area contributed by atoms with Crippen molar-refractivity contribution in [3.8, 4) is 22.3 Å². The fourth-order valence-corrected chi connectivity index (χ4v) is 2.53. The molecule has 24 heavy (non-hydrogen) atoms. The topological polar surface area (TPSA) is 0 Å². The number of aryl methyl sites for hydroxylation is 2. The maximum atomic E-state index is 2.27. The van der Waals surface area contributed by atoms with E-state index in [1.165, 1.54) is 33.4 Å². The van der Waals surface area contributed by atoms with E-state index >= 15 is 0 Å². The van der Waals surface area contributed by atoms with Gasteiger partial charge in [0.05, 0.1) is 0 Å². The molecule has 0 amide bonds. The van der Waals surface area contributed by atoms with E-state index in [9.17, 15) is 0 Å². The Morgan fingerprint density at radius 1 is 0.417 bits per heavy atom. The molecule has 0 saturated heterocycles. The molecule has 0 atom stereocenters. The summed E-state index contributed by atoms with van der Waals surface area (Å²) in [5, 5.41) is 0. The van der Waals surface area contributed by atoms with Crippen LogP contribution in [0, 0.1) is 13.8 Å². The largest absolute Gasteiger partial charge is 0.0683 e. The van der Waals surface area contributed by atoms with Crippen LogP contribution < -0.4 is 0 Å². The first-order valence-corrected chi connectivity index (χ1v) is 8.96. The molecular weight excluding hydrogens is 288 g/mol. The third kappa shape index (κ3) is 5.38. The van der Waals surface area contributed by atoms with Crippen molar-refractivity contribution in [2.24, 2.45) is 0 Å². The first-order chi connectivity index (χ1) is 11.7. The number of rotatable bonds is 2. The van der Waals surface area contributed by atoms with Gasteiger partial charge in [0, 0.05) is 0 Å². The number of benzene rings is 3. The first kappa shape index (κ1) is 19.7. The van der Waals surface area contributed by atoms with Gasteiger partial charge in [-0.3, -0.25) is 0 Å². The van der Waals surface area contributed by atoms with Crippen LogP contribution in [0.3, 0.4) is 0 Å². The van der Waals surface area contributed by atoms with Crippen molar-refractivity contribution in [1.82, 2.24) is 0 Å². The van der Waals surface area contributed by atoms with E-state index in [0.29, 0.717) is 0 Å². The second kappa shape index (κ2) is 10.4. The predicted molar refractivity (Wildman–Crippen MR) is 109 cm³/mol. The first-order valence-electron chi connectivity index (χ1n) is 8.96. The monoisotopic (exact) mass is 318 g/mol. The molecule has 0 aromatic heterocycles. The van der Waals surface area contributed by atoms with Crippen LogP contribution in [0.15, 0.2) is 72.8 Å². The van der Waals surface area contributed by atoms with Crippen LogP contribution in [0.4, 0.5) is 0 Å². The molecule has 3 aromatic carbocycles. The summed E-state index contributed by atoms with van der Waals surface area (Å²) in [7, 11) is 0. The quantitative estimate of drug-likeness (QED) is 0.454. The lowest BCUT2D eigenvalue weighted by atomic mass is 9.97. The third-order valence-electron chi connectivity index (χ3n) is 3.57. The summed E-state index contributed by atoms with van der Waals surface area (Å²) >= 11 is 0. The molecular formula is C24H30. The van der Waals surface area contributed by atoms with Gasteiger partial charge in [0.1, 0.15) is 0 Å². The second-order valence-electron chi connectivity index (χ2n) is 5.32. The van der Waals surface area contributed by atoms with Crippen molar-refractivity contribution in [1.29, 1.82) is 0 Å². The van der Waals surface area contributed by atoms with Crippen LogP contribution >= 0.6 is 0 Å². The van der Waals surface area contributed by atoms with Crippen molar-refractivity contribution in [2.75, 3.05) is 0 Å². The average Bonchev–Trinajstić information content (AvgIpc) is 2.65. The third-order valence-corrected chi connectivity index (χ3v) is 3.57. The molecule has 0 aliphatic rings. The summed E-state index contributed by atoms with van der Waals surface area (Å²) in [4.78, 5) is 0. The van der Waals surface area contributed by atoms with Crippen LogP contribution in [0.1, 0.15) is 38.8 Å². The van der Waals surface area contributed by atoms with Gasteiger partial charge in [0.15, 0.2) is 0 Å². The highest BCUT2D eigenvalue weighted by Gasteiger charge is 2.02. The Hall–Kier alpha value is -2.34. The molecule has 0 saturated carbocycles. The van der Waals surface area contributed by atoms with Crippen molar-refractivity contribution in [2.45, 2.75) is 41.5 Å². The molecule has 0 nitrogen and oxygen atoms in total. The lowest BCUT2D eigenvalue weighted by molar-refractivity contribution is 1.46. The van der Waals surface area contributed by atoms with E-state index in [1.54, 1.807) is 0 Å². The minimum Gasteiger partial charge on any atom is -0.0683 e. The number of hydrogen-bond donors (Lipinski definition) is 0. The zero-order valence-corrected chi connectivity index (χ0v) is 15.9. The molecule has 126 valence electrons.